The smallest absolute Gasteiger partial charge is 0.253 e. The highest BCUT2D eigenvalue weighted by molar-refractivity contribution is 5.96. The Morgan fingerprint density at radius 3 is 2.89 bits per heavy atom. The standard InChI is InChI=1S/C12H17N3O3/c1-18-7-3-6-14-11(16)9-15-12(17)10-4-2-5-13-8-10/h2,4-5,8H,3,6-7,9H2,1H3,(H,14,16)(H,15,17). The fourth-order valence-electron chi connectivity index (χ4n) is 1.27. The number of rotatable bonds is 7. The summed E-state index contributed by atoms with van der Waals surface area (Å²) in [5.41, 5.74) is 0.435. The number of amides is 2. The predicted octanol–water partition coefficient (Wildman–Crippen LogP) is -0.0359. The first-order valence-electron chi connectivity index (χ1n) is 5.68. The molecule has 0 spiro atoms. The lowest BCUT2D eigenvalue weighted by molar-refractivity contribution is -0.120. The maximum absolute atomic E-state index is 11.6. The summed E-state index contributed by atoms with van der Waals surface area (Å²) in [4.78, 5) is 26.8. The van der Waals surface area contributed by atoms with Gasteiger partial charge in [-0.25, -0.2) is 0 Å². The molecule has 18 heavy (non-hydrogen) atoms. The lowest BCUT2D eigenvalue weighted by Crippen LogP contribution is -2.37. The molecule has 98 valence electrons. The average Bonchev–Trinajstić information content (AvgIpc) is 2.42. The SMILES string of the molecule is COCCCNC(=O)CNC(=O)c1cccnc1. The molecule has 1 aromatic heterocycles. The third-order valence-corrected chi connectivity index (χ3v) is 2.18. The third kappa shape index (κ3) is 5.40. The molecule has 0 fully saturated rings. The molecule has 0 aromatic carbocycles. The summed E-state index contributed by atoms with van der Waals surface area (Å²) in [7, 11) is 1.61. The number of nitrogens with zero attached hydrogens (tertiary/aromatic N) is 1. The van der Waals surface area contributed by atoms with Gasteiger partial charge in [0.05, 0.1) is 12.1 Å². The van der Waals surface area contributed by atoms with Crippen LogP contribution in [0.3, 0.4) is 0 Å². The molecule has 6 heteroatoms. The van der Waals surface area contributed by atoms with E-state index in [-0.39, 0.29) is 18.4 Å². The van der Waals surface area contributed by atoms with Crippen LogP contribution in [0.25, 0.3) is 0 Å². The van der Waals surface area contributed by atoms with Crippen LogP contribution in [0.1, 0.15) is 16.8 Å². The summed E-state index contributed by atoms with van der Waals surface area (Å²) in [5.74, 6) is -0.529. The second kappa shape index (κ2) is 8.19. The third-order valence-electron chi connectivity index (χ3n) is 2.18. The van der Waals surface area contributed by atoms with Gasteiger partial charge in [-0.2, -0.15) is 0 Å². The van der Waals surface area contributed by atoms with Crippen LogP contribution < -0.4 is 10.6 Å². The van der Waals surface area contributed by atoms with Crippen molar-refractivity contribution in [2.24, 2.45) is 0 Å². The van der Waals surface area contributed by atoms with Gasteiger partial charge in [0, 0.05) is 32.7 Å². The minimum atomic E-state index is -0.310. The van der Waals surface area contributed by atoms with Crippen LogP contribution in [-0.2, 0) is 9.53 Å². The molecule has 1 aromatic rings. The lowest BCUT2D eigenvalue weighted by atomic mass is 10.3. The normalized spacial score (nSPS) is 9.83. The Hall–Kier alpha value is -1.95. The molecule has 0 aliphatic carbocycles. The van der Waals surface area contributed by atoms with Crippen molar-refractivity contribution in [3.05, 3.63) is 30.1 Å². The van der Waals surface area contributed by atoms with Gasteiger partial charge in [-0.15, -0.1) is 0 Å². The fraction of sp³-hybridized carbons (Fsp3) is 0.417. The summed E-state index contributed by atoms with van der Waals surface area (Å²) >= 11 is 0. The summed E-state index contributed by atoms with van der Waals surface area (Å²) in [5, 5.41) is 5.19. The van der Waals surface area contributed by atoms with Crippen LogP contribution in [0.2, 0.25) is 0 Å². The molecule has 0 saturated carbocycles. The van der Waals surface area contributed by atoms with Crippen LogP contribution in [0.5, 0.6) is 0 Å². The molecule has 1 heterocycles. The van der Waals surface area contributed by atoms with Crippen LogP contribution >= 0.6 is 0 Å². The zero-order valence-corrected chi connectivity index (χ0v) is 10.3. The monoisotopic (exact) mass is 251 g/mol. The Kier molecular flexibility index (Phi) is 6.42. The number of hydrogen-bond acceptors (Lipinski definition) is 4. The minimum Gasteiger partial charge on any atom is -0.385 e. The first-order chi connectivity index (χ1) is 8.74. The highest BCUT2D eigenvalue weighted by atomic mass is 16.5. The van der Waals surface area contributed by atoms with E-state index in [1.165, 1.54) is 6.20 Å². The number of nitrogens with one attached hydrogen (secondary N) is 2. The zero-order chi connectivity index (χ0) is 13.2. The lowest BCUT2D eigenvalue weighted by Gasteiger charge is -2.06. The molecule has 0 aliphatic heterocycles. The van der Waals surface area contributed by atoms with Crippen molar-refractivity contribution < 1.29 is 14.3 Å². The number of ether oxygens (including phenoxy) is 1. The van der Waals surface area contributed by atoms with Gasteiger partial charge in [0.15, 0.2) is 0 Å². The Morgan fingerprint density at radius 1 is 1.39 bits per heavy atom. The molecule has 0 aliphatic rings. The van der Waals surface area contributed by atoms with E-state index in [0.29, 0.717) is 18.7 Å². The Bertz CT molecular complexity index is 381. The Morgan fingerprint density at radius 2 is 2.22 bits per heavy atom. The highest BCUT2D eigenvalue weighted by Crippen LogP contribution is 1.94. The van der Waals surface area contributed by atoms with Gasteiger partial charge in [0.2, 0.25) is 5.91 Å². The van der Waals surface area contributed by atoms with Gasteiger partial charge in [-0.1, -0.05) is 0 Å². The second-order valence-electron chi connectivity index (χ2n) is 3.62. The van der Waals surface area contributed by atoms with Gasteiger partial charge in [0.25, 0.3) is 5.91 Å². The van der Waals surface area contributed by atoms with Gasteiger partial charge < -0.3 is 15.4 Å². The zero-order valence-electron chi connectivity index (χ0n) is 10.3. The van der Waals surface area contributed by atoms with Crippen molar-refractivity contribution in [3.63, 3.8) is 0 Å². The van der Waals surface area contributed by atoms with Crippen LogP contribution in [0.15, 0.2) is 24.5 Å². The van der Waals surface area contributed by atoms with E-state index in [2.05, 4.69) is 15.6 Å². The predicted molar refractivity (Wildman–Crippen MR) is 66.1 cm³/mol. The molecular weight excluding hydrogens is 234 g/mol. The molecular formula is C12H17N3O3. The number of carbonyl (C=O) groups is 2. The summed E-state index contributed by atoms with van der Waals surface area (Å²) in [6, 6.07) is 3.30. The number of aromatic nitrogens is 1. The Balaban J connectivity index is 2.20. The van der Waals surface area contributed by atoms with Crippen LogP contribution in [0.4, 0.5) is 0 Å². The molecule has 6 nitrogen and oxygen atoms in total. The van der Waals surface area contributed by atoms with Crippen molar-refractivity contribution in [2.45, 2.75) is 6.42 Å². The molecule has 1 rings (SSSR count). The molecule has 0 saturated heterocycles. The van der Waals surface area contributed by atoms with Crippen molar-refractivity contribution in [3.8, 4) is 0 Å². The van der Waals surface area contributed by atoms with E-state index < -0.39 is 0 Å². The topological polar surface area (TPSA) is 80.3 Å². The van der Waals surface area contributed by atoms with E-state index in [1.807, 2.05) is 0 Å². The first kappa shape index (κ1) is 14.1. The van der Waals surface area contributed by atoms with E-state index in [1.54, 1.807) is 25.4 Å². The fourth-order valence-corrected chi connectivity index (χ4v) is 1.27. The molecule has 0 bridgehead atoms. The van der Waals surface area contributed by atoms with Crippen LogP contribution in [-0.4, -0.2) is 43.6 Å². The summed E-state index contributed by atoms with van der Waals surface area (Å²) < 4.78 is 4.85. The van der Waals surface area contributed by atoms with Crippen LogP contribution in [0, 0.1) is 0 Å². The average molecular weight is 251 g/mol. The molecule has 0 unspecified atom stereocenters. The summed E-state index contributed by atoms with van der Waals surface area (Å²) in [6.07, 6.45) is 3.78. The van der Waals surface area contributed by atoms with Crippen molar-refractivity contribution in [1.82, 2.24) is 15.6 Å². The quantitative estimate of drug-likeness (QED) is 0.667. The maximum atomic E-state index is 11.6. The molecule has 2 N–H and O–H groups in total. The van der Waals surface area contributed by atoms with Crippen molar-refractivity contribution in [1.29, 1.82) is 0 Å². The van der Waals surface area contributed by atoms with Crippen molar-refractivity contribution in [2.75, 3.05) is 26.8 Å². The van der Waals surface area contributed by atoms with Gasteiger partial charge in [-0.05, 0) is 18.6 Å². The summed E-state index contributed by atoms with van der Waals surface area (Å²) in [6.45, 7) is 1.10. The number of methoxy groups -OCH3 is 1. The molecule has 0 atom stereocenters. The number of carbonyl (C=O) groups excluding carboxylic acids is 2. The Labute approximate surface area is 106 Å². The first-order valence-corrected chi connectivity index (χ1v) is 5.68. The van der Waals surface area contributed by atoms with Gasteiger partial charge in [0.1, 0.15) is 0 Å². The molecule has 0 radical (unpaired) electrons. The van der Waals surface area contributed by atoms with Crippen molar-refractivity contribution >= 4 is 11.8 Å². The van der Waals surface area contributed by atoms with Gasteiger partial charge in [-0.3, -0.25) is 14.6 Å². The van der Waals surface area contributed by atoms with E-state index >= 15 is 0 Å². The van der Waals surface area contributed by atoms with Gasteiger partial charge >= 0.3 is 0 Å². The number of hydrogen-bond donors (Lipinski definition) is 2. The van der Waals surface area contributed by atoms with E-state index in [4.69, 9.17) is 4.74 Å². The van der Waals surface area contributed by atoms with E-state index in [9.17, 15) is 9.59 Å². The highest BCUT2D eigenvalue weighted by Gasteiger charge is 2.07. The second-order valence-corrected chi connectivity index (χ2v) is 3.62. The largest absolute Gasteiger partial charge is 0.385 e. The number of pyridine rings is 1. The van der Waals surface area contributed by atoms with E-state index in [0.717, 1.165) is 6.42 Å². The molecule has 2 amide bonds. The minimum absolute atomic E-state index is 0.0410. The maximum Gasteiger partial charge on any atom is 0.253 e.